The van der Waals surface area contributed by atoms with Gasteiger partial charge in [-0.2, -0.15) is 0 Å². The molecule has 3 amide bonds. The third-order valence-corrected chi connectivity index (χ3v) is 7.22. The number of unbranched alkanes of at least 4 members (excludes halogenated alkanes) is 3. The lowest BCUT2D eigenvalue weighted by Gasteiger charge is -2.34. The van der Waals surface area contributed by atoms with Crippen LogP contribution in [0.25, 0.3) is 0 Å². The van der Waals surface area contributed by atoms with Crippen molar-refractivity contribution in [2.75, 3.05) is 25.5 Å². The summed E-state index contributed by atoms with van der Waals surface area (Å²) >= 11 is 5.97. The van der Waals surface area contributed by atoms with Gasteiger partial charge in [0, 0.05) is 36.8 Å². The van der Waals surface area contributed by atoms with Crippen LogP contribution < -0.4 is 10.6 Å². The van der Waals surface area contributed by atoms with Crippen LogP contribution in [0.15, 0.2) is 36.4 Å². The van der Waals surface area contributed by atoms with Gasteiger partial charge in [-0.05, 0) is 49.4 Å². The third kappa shape index (κ3) is 5.81. The van der Waals surface area contributed by atoms with E-state index >= 15 is 0 Å². The Labute approximate surface area is 206 Å². The minimum absolute atomic E-state index is 0.0281. The smallest absolute Gasteiger partial charge is 0.247 e. The van der Waals surface area contributed by atoms with Crippen LogP contribution in [-0.2, 0) is 14.4 Å². The van der Waals surface area contributed by atoms with Crippen molar-refractivity contribution in [2.24, 2.45) is 23.7 Å². The van der Waals surface area contributed by atoms with Crippen LogP contribution in [0.3, 0.4) is 0 Å². The lowest BCUT2D eigenvalue weighted by Crippen LogP contribution is -2.45. The number of hydrogen-bond donors (Lipinski definition) is 3. The first kappa shape index (κ1) is 26.2. The summed E-state index contributed by atoms with van der Waals surface area (Å²) in [6, 6.07) is 6.19. The fraction of sp³-hybridized carbons (Fsp3) is 0.577. The minimum atomic E-state index is -0.683. The average molecular weight is 490 g/mol. The highest BCUT2D eigenvalue weighted by Gasteiger charge is 2.56. The summed E-state index contributed by atoms with van der Waals surface area (Å²) in [6.07, 6.45) is 8.93. The Hall–Kier alpha value is -2.38. The van der Waals surface area contributed by atoms with Crippen molar-refractivity contribution in [3.8, 4) is 0 Å². The lowest BCUT2D eigenvalue weighted by molar-refractivity contribution is -0.140. The van der Waals surface area contributed by atoms with Crippen molar-refractivity contribution >= 4 is 35.0 Å². The highest BCUT2D eigenvalue weighted by Crippen LogP contribution is 2.45. The van der Waals surface area contributed by atoms with Crippen molar-refractivity contribution in [3.63, 3.8) is 0 Å². The van der Waals surface area contributed by atoms with Crippen LogP contribution in [-0.4, -0.2) is 54.0 Å². The first-order valence-electron chi connectivity index (χ1n) is 12.3. The summed E-state index contributed by atoms with van der Waals surface area (Å²) in [6.45, 7) is 2.66. The van der Waals surface area contributed by atoms with Crippen LogP contribution in [0.2, 0.25) is 5.02 Å². The molecule has 7 nitrogen and oxygen atoms in total. The van der Waals surface area contributed by atoms with Crippen molar-refractivity contribution in [2.45, 2.75) is 51.5 Å². The maximum absolute atomic E-state index is 13.7. The van der Waals surface area contributed by atoms with E-state index in [0.717, 1.165) is 38.5 Å². The van der Waals surface area contributed by atoms with E-state index in [9.17, 15) is 14.4 Å². The second-order valence-electron chi connectivity index (χ2n) is 9.19. The molecule has 34 heavy (non-hydrogen) atoms. The number of rotatable bonds is 11. The summed E-state index contributed by atoms with van der Waals surface area (Å²) < 4.78 is 0. The Bertz CT molecular complexity index is 889. The lowest BCUT2D eigenvalue weighted by atomic mass is 9.68. The van der Waals surface area contributed by atoms with E-state index in [-0.39, 0.29) is 36.2 Å². The molecule has 0 aromatic heterocycles. The van der Waals surface area contributed by atoms with Crippen LogP contribution >= 0.6 is 11.6 Å². The fourth-order valence-corrected chi connectivity index (χ4v) is 5.49. The monoisotopic (exact) mass is 489 g/mol. The molecule has 5 atom stereocenters. The fourth-order valence-electron chi connectivity index (χ4n) is 5.37. The SMILES string of the molecule is CCC[C@@H]1C=C[C@H]2[C@@H](C(=O)N(CCCCCCO)[C@@H]2C(=O)Nc2ccc(Cl)cc2)[C@@H]1C(=O)NC. The van der Waals surface area contributed by atoms with E-state index in [1.54, 1.807) is 36.2 Å². The largest absolute Gasteiger partial charge is 0.396 e. The van der Waals surface area contributed by atoms with E-state index in [0.29, 0.717) is 17.3 Å². The van der Waals surface area contributed by atoms with Gasteiger partial charge in [0.25, 0.3) is 0 Å². The maximum atomic E-state index is 13.7. The number of aliphatic hydroxyl groups excluding tert-OH is 1. The first-order valence-corrected chi connectivity index (χ1v) is 12.7. The normalized spacial score (nSPS) is 25.8. The zero-order valence-electron chi connectivity index (χ0n) is 20.0. The molecular weight excluding hydrogens is 454 g/mol. The number of anilines is 1. The molecule has 1 aromatic rings. The second kappa shape index (κ2) is 12.4. The molecule has 0 unspecified atom stereocenters. The van der Waals surface area contributed by atoms with E-state index in [2.05, 4.69) is 17.6 Å². The quantitative estimate of drug-likeness (QED) is 0.326. The van der Waals surface area contributed by atoms with Crippen LogP contribution in [0, 0.1) is 23.7 Å². The molecule has 0 radical (unpaired) electrons. The van der Waals surface area contributed by atoms with E-state index in [1.807, 2.05) is 12.2 Å². The van der Waals surface area contributed by atoms with Gasteiger partial charge in [-0.3, -0.25) is 14.4 Å². The molecule has 0 spiro atoms. The molecule has 1 aromatic carbocycles. The van der Waals surface area contributed by atoms with Crippen molar-refractivity contribution in [3.05, 3.63) is 41.4 Å². The van der Waals surface area contributed by atoms with E-state index < -0.39 is 17.9 Å². The van der Waals surface area contributed by atoms with Gasteiger partial charge in [-0.15, -0.1) is 0 Å². The molecule has 1 fully saturated rings. The van der Waals surface area contributed by atoms with Crippen LogP contribution in [0.5, 0.6) is 0 Å². The van der Waals surface area contributed by atoms with Crippen molar-refractivity contribution in [1.29, 1.82) is 0 Å². The molecule has 3 rings (SSSR count). The molecule has 3 N–H and O–H groups in total. The number of aliphatic hydroxyl groups is 1. The molecule has 1 heterocycles. The molecular formula is C26H36ClN3O4. The highest BCUT2D eigenvalue weighted by atomic mass is 35.5. The number of likely N-dealkylation sites (tertiary alicyclic amines) is 1. The molecule has 0 bridgehead atoms. The second-order valence-corrected chi connectivity index (χ2v) is 9.63. The number of amides is 3. The zero-order chi connectivity index (χ0) is 24.7. The summed E-state index contributed by atoms with van der Waals surface area (Å²) in [5, 5.41) is 15.3. The predicted octanol–water partition coefficient (Wildman–Crippen LogP) is 3.62. The van der Waals surface area contributed by atoms with Gasteiger partial charge < -0.3 is 20.6 Å². The number of hydrogen-bond acceptors (Lipinski definition) is 4. The molecule has 2 aliphatic rings. The third-order valence-electron chi connectivity index (χ3n) is 6.97. The number of carbonyl (C=O) groups is 3. The first-order chi connectivity index (χ1) is 16.4. The number of halogens is 1. The van der Waals surface area contributed by atoms with Gasteiger partial charge in [0.05, 0.1) is 11.8 Å². The van der Waals surface area contributed by atoms with Crippen LogP contribution in [0.1, 0.15) is 45.4 Å². The topological polar surface area (TPSA) is 98.7 Å². The Kier molecular flexibility index (Phi) is 9.54. The number of nitrogens with zero attached hydrogens (tertiary/aromatic N) is 1. The Morgan fingerprint density at radius 1 is 1.06 bits per heavy atom. The van der Waals surface area contributed by atoms with Gasteiger partial charge in [0.1, 0.15) is 6.04 Å². The molecule has 186 valence electrons. The molecule has 1 saturated heterocycles. The van der Waals surface area contributed by atoms with Crippen molar-refractivity contribution in [1.82, 2.24) is 10.2 Å². The van der Waals surface area contributed by atoms with Gasteiger partial charge in [0.2, 0.25) is 17.7 Å². The zero-order valence-corrected chi connectivity index (χ0v) is 20.8. The van der Waals surface area contributed by atoms with E-state index in [1.165, 1.54) is 0 Å². The minimum Gasteiger partial charge on any atom is -0.396 e. The number of fused-ring (bicyclic) bond motifs is 1. The van der Waals surface area contributed by atoms with Gasteiger partial charge >= 0.3 is 0 Å². The number of benzene rings is 1. The van der Waals surface area contributed by atoms with Crippen molar-refractivity contribution < 1.29 is 19.5 Å². The summed E-state index contributed by atoms with van der Waals surface area (Å²) in [5.41, 5.74) is 0.611. The number of nitrogens with one attached hydrogen (secondary N) is 2. The molecule has 0 saturated carbocycles. The van der Waals surface area contributed by atoms with E-state index in [4.69, 9.17) is 16.7 Å². The summed E-state index contributed by atoms with van der Waals surface area (Å²) in [5.74, 6) is -1.96. The Morgan fingerprint density at radius 2 is 1.76 bits per heavy atom. The number of carbonyl (C=O) groups excluding carboxylic acids is 3. The Morgan fingerprint density at radius 3 is 2.41 bits per heavy atom. The maximum Gasteiger partial charge on any atom is 0.247 e. The van der Waals surface area contributed by atoms with Gasteiger partial charge in [0.15, 0.2) is 0 Å². The molecule has 1 aliphatic carbocycles. The van der Waals surface area contributed by atoms with Gasteiger partial charge in [-0.25, -0.2) is 0 Å². The molecule has 8 heteroatoms. The van der Waals surface area contributed by atoms with Gasteiger partial charge in [-0.1, -0.05) is 49.9 Å². The number of allylic oxidation sites excluding steroid dienone is 1. The average Bonchev–Trinajstić information content (AvgIpc) is 3.11. The standard InChI is InChI=1S/C26H36ClN3O4/c1-3-8-17-9-14-20-22(21(17)24(32)28-2)26(34)30(15-6-4-5-7-16-31)23(20)25(33)29-19-12-10-18(27)11-13-19/h9-14,17,20-23,31H,3-8,15-16H2,1-2H3,(H,28,32)(H,29,33)/t17-,20+,21-,22-,23+/m1/s1. The summed E-state index contributed by atoms with van der Waals surface area (Å²) in [4.78, 5) is 41.8. The molecule has 1 aliphatic heterocycles. The Balaban J connectivity index is 1.89. The van der Waals surface area contributed by atoms with Crippen LogP contribution in [0.4, 0.5) is 5.69 Å². The summed E-state index contributed by atoms with van der Waals surface area (Å²) in [7, 11) is 1.60. The predicted molar refractivity (Wildman–Crippen MR) is 133 cm³/mol. The highest BCUT2D eigenvalue weighted by molar-refractivity contribution is 6.30.